The van der Waals surface area contributed by atoms with Crippen LogP contribution in [0.15, 0.2) is 0 Å². The Morgan fingerprint density at radius 2 is 1.19 bits per heavy atom. The number of hydrogen-bond donors (Lipinski definition) is 7. The second-order valence-electron chi connectivity index (χ2n) is 5.20. The molecule has 0 aromatic heterocycles. The van der Waals surface area contributed by atoms with E-state index in [4.69, 9.17) is 26.2 Å². The number of nitrogens with one attached hydrogen (secondary N) is 2. The molecule has 0 aliphatic heterocycles. The molecule has 0 fully saturated rings. The first kappa shape index (κ1) is 22.8. The Balaban J connectivity index is 5.05. The van der Waals surface area contributed by atoms with Crippen LogP contribution >= 0.6 is 0 Å². The van der Waals surface area contributed by atoms with E-state index < -0.39 is 73.1 Å². The van der Waals surface area contributed by atoms with Gasteiger partial charge in [-0.2, -0.15) is 0 Å². The van der Waals surface area contributed by atoms with Crippen LogP contribution in [0.1, 0.15) is 25.7 Å². The fourth-order valence-corrected chi connectivity index (χ4v) is 1.72. The molecule has 13 nitrogen and oxygen atoms in total. The third kappa shape index (κ3) is 9.17. The van der Waals surface area contributed by atoms with Crippen molar-refractivity contribution in [2.75, 3.05) is 0 Å². The summed E-state index contributed by atoms with van der Waals surface area (Å²) in [7, 11) is 0. The predicted molar refractivity (Wildman–Crippen MR) is 80.8 cm³/mol. The maximum absolute atomic E-state index is 12.0. The summed E-state index contributed by atoms with van der Waals surface area (Å²) in [4.78, 5) is 66.7. The zero-order chi connectivity index (χ0) is 20.4. The lowest BCUT2D eigenvalue weighted by Gasteiger charge is -2.21. The van der Waals surface area contributed by atoms with Gasteiger partial charge in [-0.1, -0.05) is 0 Å². The number of carboxylic acid groups (broad SMARTS) is 4. The van der Waals surface area contributed by atoms with Gasteiger partial charge in [0.2, 0.25) is 11.8 Å². The molecular weight excluding hydrogens is 358 g/mol. The number of carbonyl (C=O) groups excluding carboxylic acids is 2. The fraction of sp³-hybridized carbons (Fsp3) is 0.538. The summed E-state index contributed by atoms with van der Waals surface area (Å²) in [6, 6.07) is -4.91. The number of carboxylic acids is 4. The van der Waals surface area contributed by atoms with Crippen molar-refractivity contribution in [1.82, 2.24) is 10.6 Å². The van der Waals surface area contributed by atoms with Gasteiger partial charge in [0.1, 0.15) is 12.1 Å². The van der Waals surface area contributed by atoms with Gasteiger partial charge in [0.15, 0.2) is 0 Å². The van der Waals surface area contributed by atoms with E-state index in [1.807, 2.05) is 10.6 Å². The van der Waals surface area contributed by atoms with Gasteiger partial charge in [-0.25, -0.2) is 4.79 Å². The molecule has 0 spiro atoms. The quantitative estimate of drug-likeness (QED) is 0.183. The van der Waals surface area contributed by atoms with Gasteiger partial charge in [-0.3, -0.25) is 24.0 Å². The van der Waals surface area contributed by atoms with Crippen molar-refractivity contribution in [1.29, 1.82) is 0 Å². The molecule has 26 heavy (non-hydrogen) atoms. The minimum absolute atomic E-state index is 0.278. The molecular formula is C13H19N3O10. The molecule has 0 rings (SSSR count). The van der Waals surface area contributed by atoms with E-state index in [0.717, 1.165) is 0 Å². The summed E-state index contributed by atoms with van der Waals surface area (Å²) in [5, 5.41) is 38.6. The number of nitrogens with two attached hydrogens (primary N) is 1. The van der Waals surface area contributed by atoms with Crippen molar-refractivity contribution >= 4 is 35.7 Å². The SMILES string of the molecule is N[C@@H](CCC(=O)O)C(=O)N[C@H](CC(=O)O)C(=O)N[C@H](CC(=O)O)C(=O)O. The molecule has 0 bridgehead atoms. The molecule has 0 saturated heterocycles. The Kier molecular flexibility index (Phi) is 9.29. The molecule has 0 heterocycles. The Hall–Kier alpha value is -3.22. The van der Waals surface area contributed by atoms with Crippen LogP contribution in [-0.2, 0) is 28.8 Å². The van der Waals surface area contributed by atoms with E-state index in [1.54, 1.807) is 0 Å². The molecule has 3 atom stereocenters. The van der Waals surface area contributed by atoms with Gasteiger partial charge < -0.3 is 36.8 Å². The lowest BCUT2D eigenvalue weighted by Crippen LogP contribution is -2.55. The van der Waals surface area contributed by atoms with Crippen LogP contribution in [0, 0.1) is 0 Å². The van der Waals surface area contributed by atoms with Gasteiger partial charge >= 0.3 is 23.9 Å². The third-order valence-electron chi connectivity index (χ3n) is 3.01. The largest absolute Gasteiger partial charge is 0.481 e. The van der Waals surface area contributed by atoms with Crippen LogP contribution in [0.4, 0.5) is 0 Å². The molecule has 0 saturated carbocycles. The van der Waals surface area contributed by atoms with E-state index in [-0.39, 0.29) is 6.42 Å². The molecule has 0 radical (unpaired) electrons. The van der Waals surface area contributed by atoms with Gasteiger partial charge in [-0.05, 0) is 6.42 Å². The summed E-state index contributed by atoms with van der Waals surface area (Å²) < 4.78 is 0. The highest BCUT2D eigenvalue weighted by molar-refractivity contribution is 5.94. The summed E-state index contributed by atoms with van der Waals surface area (Å²) in [5.41, 5.74) is 5.43. The van der Waals surface area contributed by atoms with Crippen molar-refractivity contribution in [3.05, 3.63) is 0 Å². The van der Waals surface area contributed by atoms with Crippen LogP contribution in [-0.4, -0.2) is 74.2 Å². The summed E-state index contributed by atoms with van der Waals surface area (Å²) in [5.74, 6) is -8.16. The van der Waals surface area contributed by atoms with Crippen LogP contribution in [0.3, 0.4) is 0 Å². The molecule has 0 aromatic rings. The van der Waals surface area contributed by atoms with Crippen LogP contribution in [0.2, 0.25) is 0 Å². The van der Waals surface area contributed by atoms with Gasteiger partial charge in [0, 0.05) is 6.42 Å². The molecule has 2 amide bonds. The lowest BCUT2D eigenvalue weighted by molar-refractivity contribution is -0.148. The predicted octanol–water partition coefficient (Wildman–Crippen LogP) is -2.82. The number of carbonyl (C=O) groups is 6. The monoisotopic (exact) mass is 377 g/mol. The summed E-state index contributed by atoms with van der Waals surface area (Å²) in [6.07, 6.45) is -2.61. The minimum atomic E-state index is -1.84. The molecule has 8 N–H and O–H groups in total. The molecule has 0 aliphatic rings. The molecule has 0 unspecified atom stereocenters. The average molecular weight is 377 g/mol. The van der Waals surface area contributed by atoms with Gasteiger partial charge in [-0.15, -0.1) is 0 Å². The maximum Gasteiger partial charge on any atom is 0.326 e. The Labute approximate surface area is 146 Å². The van der Waals surface area contributed by atoms with Crippen molar-refractivity contribution in [2.24, 2.45) is 5.73 Å². The highest BCUT2D eigenvalue weighted by Gasteiger charge is 2.30. The minimum Gasteiger partial charge on any atom is -0.481 e. The number of rotatable bonds is 12. The zero-order valence-corrected chi connectivity index (χ0v) is 13.4. The standard InChI is InChI=1S/C13H19N3O10/c14-5(1-2-8(17)18)11(23)15-6(3-9(19)20)12(24)16-7(13(25)26)4-10(21)22/h5-7H,1-4,14H2,(H,15,23)(H,16,24)(H,17,18)(H,19,20)(H,21,22)(H,25,26)/t5-,6+,7+/m0/s1. The van der Waals surface area contributed by atoms with Gasteiger partial charge in [0.25, 0.3) is 0 Å². The first-order valence-corrected chi connectivity index (χ1v) is 7.18. The first-order valence-electron chi connectivity index (χ1n) is 7.18. The normalized spacial score (nSPS) is 13.7. The van der Waals surface area contributed by atoms with Crippen molar-refractivity contribution in [3.63, 3.8) is 0 Å². The number of hydrogen-bond acceptors (Lipinski definition) is 7. The van der Waals surface area contributed by atoms with Crippen LogP contribution in [0.25, 0.3) is 0 Å². The fourth-order valence-electron chi connectivity index (χ4n) is 1.72. The van der Waals surface area contributed by atoms with E-state index >= 15 is 0 Å². The smallest absolute Gasteiger partial charge is 0.326 e. The highest BCUT2D eigenvalue weighted by Crippen LogP contribution is 2.01. The van der Waals surface area contributed by atoms with Crippen LogP contribution in [0.5, 0.6) is 0 Å². The third-order valence-corrected chi connectivity index (χ3v) is 3.01. The van der Waals surface area contributed by atoms with E-state index in [0.29, 0.717) is 0 Å². The van der Waals surface area contributed by atoms with Crippen molar-refractivity contribution < 1.29 is 49.2 Å². The molecule has 13 heteroatoms. The van der Waals surface area contributed by atoms with Crippen molar-refractivity contribution in [2.45, 2.75) is 43.8 Å². The highest BCUT2D eigenvalue weighted by atomic mass is 16.4. The Morgan fingerprint density at radius 1 is 0.731 bits per heavy atom. The number of amides is 2. The maximum atomic E-state index is 12.0. The van der Waals surface area contributed by atoms with Crippen molar-refractivity contribution in [3.8, 4) is 0 Å². The molecule has 0 aromatic carbocycles. The topological polar surface area (TPSA) is 233 Å². The van der Waals surface area contributed by atoms with Crippen LogP contribution < -0.4 is 16.4 Å². The van der Waals surface area contributed by atoms with E-state index in [1.165, 1.54) is 0 Å². The number of aliphatic carboxylic acids is 4. The summed E-state index contributed by atoms with van der Waals surface area (Å²) >= 11 is 0. The zero-order valence-electron chi connectivity index (χ0n) is 13.4. The lowest BCUT2D eigenvalue weighted by atomic mass is 10.1. The van der Waals surface area contributed by atoms with Gasteiger partial charge in [0.05, 0.1) is 18.9 Å². The Morgan fingerprint density at radius 3 is 1.62 bits per heavy atom. The second-order valence-corrected chi connectivity index (χ2v) is 5.20. The summed E-state index contributed by atoms with van der Waals surface area (Å²) in [6.45, 7) is 0. The first-order chi connectivity index (χ1) is 11.9. The molecule has 146 valence electrons. The Bertz CT molecular complexity index is 591. The second kappa shape index (κ2) is 10.6. The molecule has 0 aliphatic carbocycles. The van der Waals surface area contributed by atoms with E-state index in [9.17, 15) is 28.8 Å². The van der Waals surface area contributed by atoms with E-state index in [2.05, 4.69) is 0 Å². The average Bonchev–Trinajstić information content (AvgIpc) is 2.49.